The molecule has 2 heterocycles. The van der Waals surface area contributed by atoms with Gasteiger partial charge in [-0.3, -0.25) is 4.79 Å². The molecule has 2 fully saturated rings. The van der Waals surface area contributed by atoms with Crippen LogP contribution in [0.15, 0.2) is 24.3 Å². The average molecular weight is 365 g/mol. The molecule has 2 saturated heterocycles. The molecule has 25 heavy (non-hydrogen) atoms. The SMILES string of the molecule is CC(C)C(=O)N1CCSC12CCN(C(=O)Nc1cccc(F)c1)CC2. The highest BCUT2D eigenvalue weighted by Crippen LogP contribution is 2.44. The minimum absolute atomic E-state index is 0.00937. The molecule has 2 aliphatic heterocycles. The lowest BCUT2D eigenvalue weighted by atomic mass is 10.0. The molecule has 1 aromatic rings. The number of rotatable bonds is 2. The van der Waals surface area contributed by atoms with Gasteiger partial charge in [-0.05, 0) is 31.0 Å². The van der Waals surface area contributed by atoms with Crippen molar-refractivity contribution in [2.24, 2.45) is 5.92 Å². The van der Waals surface area contributed by atoms with Crippen molar-refractivity contribution < 1.29 is 14.0 Å². The molecule has 1 spiro atoms. The summed E-state index contributed by atoms with van der Waals surface area (Å²) < 4.78 is 13.2. The lowest BCUT2D eigenvalue weighted by Gasteiger charge is -2.44. The van der Waals surface area contributed by atoms with E-state index >= 15 is 0 Å². The second kappa shape index (κ2) is 7.23. The molecule has 7 heteroatoms. The van der Waals surface area contributed by atoms with Gasteiger partial charge in [-0.25, -0.2) is 9.18 Å². The van der Waals surface area contributed by atoms with Crippen LogP contribution in [0.2, 0.25) is 0 Å². The molecule has 0 radical (unpaired) electrons. The molecule has 1 aromatic carbocycles. The zero-order valence-electron chi connectivity index (χ0n) is 14.6. The Morgan fingerprint density at radius 1 is 1.24 bits per heavy atom. The van der Waals surface area contributed by atoms with E-state index in [0.717, 1.165) is 25.1 Å². The van der Waals surface area contributed by atoms with Gasteiger partial charge in [-0.15, -0.1) is 11.8 Å². The summed E-state index contributed by atoms with van der Waals surface area (Å²) in [5.41, 5.74) is 0.456. The summed E-state index contributed by atoms with van der Waals surface area (Å²) >= 11 is 1.84. The van der Waals surface area contributed by atoms with Gasteiger partial charge >= 0.3 is 6.03 Å². The maximum Gasteiger partial charge on any atom is 0.321 e. The van der Waals surface area contributed by atoms with Gasteiger partial charge in [0.15, 0.2) is 0 Å². The molecule has 5 nitrogen and oxygen atoms in total. The molecular formula is C18H24FN3O2S. The Bertz CT molecular complexity index is 659. The van der Waals surface area contributed by atoms with E-state index < -0.39 is 0 Å². The van der Waals surface area contributed by atoms with Crippen LogP contribution in [0.4, 0.5) is 14.9 Å². The second-order valence-electron chi connectivity index (χ2n) is 6.87. The van der Waals surface area contributed by atoms with Crippen LogP contribution in [0.1, 0.15) is 26.7 Å². The summed E-state index contributed by atoms with van der Waals surface area (Å²) in [7, 11) is 0. The zero-order chi connectivity index (χ0) is 18.0. The van der Waals surface area contributed by atoms with Crippen molar-refractivity contribution >= 4 is 29.4 Å². The fourth-order valence-electron chi connectivity index (χ4n) is 3.47. The van der Waals surface area contributed by atoms with E-state index in [1.807, 2.05) is 30.5 Å². The van der Waals surface area contributed by atoms with Crippen molar-refractivity contribution in [3.05, 3.63) is 30.1 Å². The Hall–Kier alpha value is -1.76. The van der Waals surface area contributed by atoms with Crippen LogP contribution in [0.5, 0.6) is 0 Å². The van der Waals surface area contributed by atoms with Crippen LogP contribution in [0, 0.1) is 11.7 Å². The number of halogens is 1. The van der Waals surface area contributed by atoms with Gasteiger partial charge in [0, 0.05) is 37.0 Å². The number of hydrogen-bond acceptors (Lipinski definition) is 3. The van der Waals surface area contributed by atoms with E-state index in [1.54, 1.807) is 17.0 Å². The number of urea groups is 1. The highest BCUT2D eigenvalue weighted by molar-refractivity contribution is 8.00. The molecule has 0 aliphatic carbocycles. The van der Waals surface area contributed by atoms with Crippen molar-refractivity contribution in [2.75, 3.05) is 30.7 Å². The van der Waals surface area contributed by atoms with E-state index in [2.05, 4.69) is 5.32 Å². The maximum atomic E-state index is 13.2. The number of amides is 3. The molecule has 0 saturated carbocycles. The molecule has 1 N–H and O–H groups in total. The van der Waals surface area contributed by atoms with Gasteiger partial charge in [0.1, 0.15) is 5.82 Å². The van der Waals surface area contributed by atoms with Gasteiger partial charge in [0.25, 0.3) is 0 Å². The summed E-state index contributed by atoms with van der Waals surface area (Å²) in [6.45, 7) is 5.84. The number of hydrogen-bond donors (Lipinski definition) is 1. The number of likely N-dealkylation sites (tertiary alicyclic amines) is 1. The fourth-order valence-corrected chi connectivity index (χ4v) is 4.94. The van der Waals surface area contributed by atoms with Crippen LogP contribution < -0.4 is 5.32 Å². The summed E-state index contributed by atoms with van der Waals surface area (Å²) in [5, 5.41) is 2.74. The summed E-state index contributed by atoms with van der Waals surface area (Å²) in [5.74, 6) is 0.765. The highest BCUT2D eigenvalue weighted by Gasteiger charge is 2.47. The maximum absolute atomic E-state index is 13.2. The molecule has 3 amide bonds. The predicted octanol–water partition coefficient (Wildman–Crippen LogP) is 3.38. The van der Waals surface area contributed by atoms with Crippen molar-refractivity contribution in [1.29, 1.82) is 0 Å². The topological polar surface area (TPSA) is 52.7 Å². The van der Waals surface area contributed by atoms with Crippen LogP contribution >= 0.6 is 11.8 Å². The Morgan fingerprint density at radius 3 is 2.60 bits per heavy atom. The van der Waals surface area contributed by atoms with Crippen molar-refractivity contribution in [3.63, 3.8) is 0 Å². The third-order valence-corrected chi connectivity index (χ3v) is 6.40. The number of benzene rings is 1. The monoisotopic (exact) mass is 365 g/mol. The molecule has 0 bridgehead atoms. The second-order valence-corrected chi connectivity index (χ2v) is 8.32. The summed E-state index contributed by atoms with van der Waals surface area (Å²) in [4.78, 5) is 28.5. The number of thioether (sulfide) groups is 1. The number of carbonyl (C=O) groups is 2. The van der Waals surface area contributed by atoms with Crippen molar-refractivity contribution in [3.8, 4) is 0 Å². The first-order valence-electron chi connectivity index (χ1n) is 8.68. The minimum Gasteiger partial charge on any atom is -0.327 e. The van der Waals surface area contributed by atoms with Crippen molar-refractivity contribution in [2.45, 2.75) is 31.6 Å². The Balaban J connectivity index is 1.61. The highest BCUT2D eigenvalue weighted by atomic mass is 32.2. The van der Waals surface area contributed by atoms with E-state index in [1.165, 1.54) is 12.1 Å². The van der Waals surface area contributed by atoms with Crippen LogP contribution in [0.3, 0.4) is 0 Å². The number of nitrogens with one attached hydrogen (secondary N) is 1. The quantitative estimate of drug-likeness (QED) is 0.874. The fraction of sp³-hybridized carbons (Fsp3) is 0.556. The van der Waals surface area contributed by atoms with E-state index in [-0.39, 0.29) is 28.5 Å². The minimum atomic E-state index is -0.374. The molecule has 136 valence electrons. The van der Waals surface area contributed by atoms with Crippen molar-refractivity contribution in [1.82, 2.24) is 9.80 Å². The lowest BCUT2D eigenvalue weighted by molar-refractivity contribution is -0.137. The molecule has 3 rings (SSSR count). The molecule has 0 unspecified atom stereocenters. The van der Waals surface area contributed by atoms with E-state index in [0.29, 0.717) is 18.8 Å². The predicted molar refractivity (Wildman–Crippen MR) is 98.0 cm³/mol. The Kier molecular flexibility index (Phi) is 5.22. The zero-order valence-corrected chi connectivity index (χ0v) is 15.4. The Labute approximate surface area is 151 Å². The van der Waals surface area contributed by atoms with Gasteiger partial charge in [0.2, 0.25) is 5.91 Å². The number of carbonyl (C=O) groups excluding carboxylic acids is 2. The third kappa shape index (κ3) is 3.76. The van der Waals surface area contributed by atoms with Crippen LogP contribution in [0.25, 0.3) is 0 Å². The largest absolute Gasteiger partial charge is 0.327 e. The van der Waals surface area contributed by atoms with Gasteiger partial charge < -0.3 is 15.1 Å². The number of nitrogens with zero attached hydrogens (tertiary/aromatic N) is 2. The summed E-state index contributed by atoms with van der Waals surface area (Å²) in [6.07, 6.45) is 1.54. The smallest absolute Gasteiger partial charge is 0.321 e. The number of anilines is 1. The molecule has 2 aliphatic rings. The first-order chi connectivity index (χ1) is 11.9. The van der Waals surface area contributed by atoms with Crippen LogP contribution in [-0.4, -0.2) is 52.0 Å². The third-order valence-electron chi connectivity index (χ3n) is 4.85. The summed E-state index contributed by atoms with van der Waals surface area (Å²) in [6, 6.07) is 5.67. The number of piperidine rings is 1. The molecule has 0 atom stereocenters. The first kappa shape index (κ1) is 18.0. The van der Waals surface area contributed by atoms with E-state index in [4.69, 9.17) is 0 Å². The van der Waals surface area contributed by atoms with E-state index in [9.17, 15) is 14.0 Å². The normalized spacial score (nSPS) is 19.5. The van der Waals surface area contributed by atoms with Crippen LogP contribution in [-0.2, 0) is 4.79 Å². The van der Waals surface area contributed by atoms with Gasteiger partial charge in [-0.2, -0.15) is 0 Å². The lowest BCUT2D eigenvalue weighted by Crippen LogP contribution is -2.55. The average Bonchev–Trinajstić information content (AvgIpc) is 2.97. The van der Waals surface area contributed by atoms with Gasteiger partial charge in [-0.1, -0.05) is 19.9 Å². The molecule has 0 aromatic heterocycles. The first-order valence-corrected chi connectivity index (χ1v) is 9.67. The van der Waals surface area contributed by atoms with Gasteiger partial charge in [0.05, 0.1) is 4.87 Å². The molecular weight excluding hydrogens is 341 g/mol. The Morgan fingerprint density at radius 2 is 1.96 bits per heavy atom. The standard InChI is InChI=1S/C18H24FN3O2S/c1-13(2)16(23)22-10-11-25-18(22)6-8-21(9-7-18)17(24)20-15-5-3-4-14(19)12-15/h3-5,12-13H,6-11H2,1-2H3,(H,20,24).